The van der Waals surface area contributed by atoms with E-state index in [1.54, 1.807) is 0 Å². The molecule has 2 aromatic carbocycles. The van der Waals surface area contributed by atoms with Crippen molar-refractivity contribution in [2.45, 2.75) is 38.5 Å². The van der Waals surface area contributed by atoms with Gasteiger partial charge in [-0.05, 0) is 73.9 Å². The second-order valence-corrected chi connectivity index (χ2v) is 7.97. The van der Waals surface area contributed by atoms with Gasteiger partial charge in [0.1, 0.15) is 11.4 Å². The number of fused-ring (bicyclic) bond motifs is 2. The Morgan fingerprint density at radius 2 is 1.00 bits per heavy atom. The van der Waals surface area contributed by atoms with Crippen LogP contribution in [0.4, 0.5) is 28.9 Å². The van der Waals surface area contributed by atoms with Crippen LogP contribution >= 0.6 is 0 Å². The molecule has 5 rings (SSSR count). The van der Waals surface area contributed by atoms with E-state index in [4.69, 9.17) is 4.98 Å². The highest BCUT2D eigenvalue weighted by Gasteiger charge is 2.25. The predicted molar refractivity (Wildman–Crippen MR) is 115 cm³/mol. The lowest BCUT2D eigenvalue weighted by Gasteiger charge is -2.23. The Bertz CT molecular complexity index is 1150. The Labute approximate surface area is 182 Å². The molecule has 1 heterocycles. The zero-order valence-corrected chi connectivity index (χ0v) is 17.1. The monoisotopic (exact) mass is 437 g/mol. The number of benzene rings is 2. The van der Waals surface area contributed by atoms with Crippen molar-refractivity contribution in [2.24, 2.45) is 9.98 Å². The highest BCUT2D eigenvalue weighted by molar-refractivity contribution is 6.06. The molecule has 32 heavy (non-hydrogen) atoms. The Morgan fingerprint density at radius 3 is 1.41 bits per heavy atom. The van der Waals surface area contributed by atoms with Crippen LogP contribution < -0.4 is 0 Å². The molecule has 3 aromatic rings. The van der Waals surface area contributed by atoms with Crippen LogP contribution in [0.1, 0.15) is 48.2 Å². The number of pyridine rings is 1. The highest BCUT2D eigenvalue weighted by atomic mass is 19.1. The average Bonchev–Trinajstić information content (AvgIpc) is 2.78. The number of hydrogen-bond acceptors (Lipinski definition) is 3. The first-order valence-corrected chi connectivity index (χ1v) is 10.6. The number of para-hydroxylation sites is 2. The highest BCUT2D eigenvalue weighted by Crippen LogP contribution is 2.32. The minimum Gasteiger partial charge on any atom is -0.245 e. The van der Waals surface area contributed by atoms with Crippen LogP contribution in [0, 0.1) is 23.3 Å². The van der Waals surface area contributed by atoms with Gasteiger partial charge in [0.2, 0.25) is 0 Å². The molecule has 162 valence electrons. The average molecular weight is 437 g/mol. The van der Waals surface area contributed by atoms with E-state index in [0.717, 1.165) is 36.8 Å². The number of halogens is 4. The van der Waals surface area contributed by atoms with Gasteiger partial charge in [0.15, 0.2) is 23.3 Å². The van der Waals surface area contributed by atoms with Gasteiger partial charge in [-0.15, -0.1) is 0 Å². The zero-order valence-electron chi connectivity index (χ0n) is 17.1. The molecule has 0 amide bonds. The van der Waals surface area contributed by atoms with Crippen LogP contribution in [0.2, 0.25) is 0 Å². The fourth-order valence-corrected chi connectivity index (χ4v) is 4.29. The molecule has 0 fully saturated rings. The molecule has 0 atom stereocenters. The van der Waals surface area contributed by atoms with Gasteiger partial charge in [0, 0.05) is 0 Å². The third kappa shape index (κ3) is 3.72. The molecule has 0 aliphatic heterocycles. The van der Waals surface area contributed by atoms with E-state index in [-0.39, 0.29) is 11.4 Å². The van der Waals surface area contributed by atoms with Crippen molar-refractivity contribution in [3.63, 3.8) is 0 Å². The van der Waals surface area contributed by atoms with E-state index in [1.165, 1.54) is 36.4 Å². The van der Waals surface area contributed by atoms with E-state index in [0.29, 0.717) is 35.7 Å². The maximum absolute atomic E-state index is 14.2. The van der Waals surface area contributed by atoms with Crippen molar-refractivity contribution in [3.05, 3.63) is 88.2 Å². The van der Waals surface area contributed by atoms with Crippen molar-refractivity contribution in [3.8, 4) is 0 Å². The van der Waals surface area contributed by atoms with Crippen molar-refractivity contribution in [2.75, 3.05) is 0 Å². The number of aromatic nitrogens is 1. The molecule has 2 aliphatic rings. The molecule has 0 radical (unpaired) electrons. The van der Waals surface area contributed by atoms with Crippen LogP contribution in [-0.2, 0) is 12.8 Å². The summed E-state index contributed by atoms with van der Waals surface area (Å²) in [6, 6.07) is 9.28. The summed E-state index contributed by atoms with van der Waals surface area (Å²) in [6.45, 7) is 0. The molecule has 7 heteroatoms. The topological polar surface area (TPSA) is 37.6 Å². The first-order chi connectivity index (χ1) is 15.5. The summed E-state index contributed by atoms with van der Waals surface area (Å²) in [5, 5.41) is 0. The molecular weight excluding hydrogens is 418 g/mol. The van der Waals surface area contributed by atoms with Gasteiger partial charge in [-0.1, -0.05) is 18.2 Å². The second kappa shape index (κ2) is 8.30. The van der Waals surface area contributed by atoms with Crippen LogP contribution in [0.3, 0.4) is 0 Å². The molecule has 0 bridgehead atoms. The van der Waals surface area contributed by atoms with Crippen LogP contribution in [0.15, 0.2) is 52.4 Å². The van der Waals surface area contributed by atoms with E-state index < -0.39 is 23.3 Å². The van der Waals surface area contributed by atoms with Gasteiger partial charge in [-0.2, -0.15) is 0 Å². The molecule has 0 unspecified atom stereocenters. The lowest BCUT2D eigenvalue weighted by atomic mass is 9.87. The smallest absolute Gasteiger partial charge is 0.151 e. The SMILES string of the molecule is Fc1cccc(F)c1N=C1CCCc2cc3c(nc21)C(=Nc1c(F)cccc1F)CCC3. The second-order valence-electron chi connectivity index (χ2n) is 7.97. The predicted octanol–water partition coefficient (Wildman–Crippen LogP) is 6.55. The van der Waals surface area contributed by atoms with E-state index >= 15 is 0 Å². The van der Waals surface area contributed by atoms with Crippen molar-refractivity contribution in [1.82, 2.24) is 4.98 Å². The van der Waals surface area contributed by atoms with Crippen LogP contribution in [0.5, 0.6) is 0 Å². The fourth-order valence-electron chi connectivity index (χ4n) is 4.29. The lowest BCUT2D eigenvalue weighted by Crippen LogP contribution is -2.21. The molecule has 0 saturated carbocycles. The Balaban J connectivity index is 1.64. The number of aliphatic imine (C=N–C) groups is 2. The molecule has 2 aliphatic carbocycles. The Hall–Kier alpha value is -3.35. The summed E-state index contributed by atoms with van der Waals surface area (Å²) in [5.74, 6) is -2.94. The van der Waals surface area contributed by atoms with Crippen LogP contribution in [-0.4, -0.2) is 16.4 Å². The first-order valence-electron chi connectivity index (χ1n) is 10.6. The van der Waals surface area contributed by atoms with E-state index in [2.05, 4.69) is 9.98 Å². The van der Waals surface area contributed by atoms with Gasteiger partial charge in [0.25, 0.3) is 0 Å². The standard InChI is InChI=1S/C25H19F4N3/c26-16-7-3-8-17(27)24(16)30-20-11-1-5-14-13-15-6-2-12-21(23(15)32-22(14)20)31-25-18(28)9-4-10-19(25)29/h3-4,7-10,13H,1-2,5-6,11-12H2. The molecule has 0 saturated heterocycles. The maximum Gasteiger partial charge on any atom is 0.151 e. The fraction of sp³-hybridized carbons (Fsp3) is 0.240. The van der Waals surface area contributed by atoms with Gasteiger partial charge >= 0.3 is 0 Å². The molecule has 1 aromatic heterocycles. The minimum absolute atomic E-state index is 0.336. The number of aryl methyl sites for hydroxylation is 2. The summed E-state index contributed by atoms with van der Waals surface area (Å²) < 4.78 is 56.7. The number of hydrogen-bond donors (Lipinski definition) is 0. The third-order valence-corrected chi connectivity index (χ3v) is 5.82. The molecule has 0 N–H and O–H groups in total. The van der Waals surface area contributed by atoms with E-state index in [9.17, 15) is 17.6 Å². The summed E-state index contributed by atoms with van der Waals surface area (Å²) in [5.41, 5.74) is 3.39. The number of rotatable bonds is 2. The zero-order chi connectivity index (χ0) is 22.2. The normalized spacial score (nSPS) is 18.0. The minimum atomic E-state index is -0.736. The van der Waals surface area contributed by atoms with Gasteiger partial charge in [0.05, 0.1) is 22.8 Å². The summed E-state index contributed by atoms with van der Waals surface area (Å²) in [6.07, 6.45) is 4.21. The summed E-state index contributed by atoms with van der Waals surface area (Å²) in [7, 11) is 0. The quantitative estimate of drug-likeness (QED) is 0.419. The third-order valence-electron chi connectivity index (χ3n) is 5.82. The molecule has 0 spiro atoms. The Morgan fingerprint density at radius 1 is 0.594 bits per heavy atom. The van der Waals surface area contributed by atoms with Crippen molar-refractivity contribution >= 4 is 22.8 Å². The van der Waals surface area contributed by atoms with E-state index in [1.807, 2.05) is 6.07 Å². The molecule has 3 nitrogen and oxygen atoms in total. The maximum atomic E-state index is 14.2. The van der Waals surface area contributed by atoms with Gasteiger partial charge < -0.3 is 0 Å². The molecular formula is C25H19F4N3. The summed E-state index contributed by atoms with van der Waals surface area (Å²) >= 11 is 0. The van der Waals surface area contributed by atoms with Crippen molar-refractivity contribution in [1.29, 1.82) is 0 Å². The summed E-state index contributed by atoms with van der Waals surface area (Å²) in [4.78, 5) is 13.4. The van der Waals surface area contributed by atoms with Crippen molar-refractivity contribution < 1.29 is 17.6 Å². The Kier molecular flexibility index (Phi) is 5.33. The van der Waals surface area contributed by atoms with Gasteiger partial charge in [-0.3, -0.25) is 0 Å². The van der Waals surface area contributed by atoms with Gasteiger partial charge in [-0.25, -0.2) is 32.5 Å². The first kappa shape index (κ1) is 20.5. The number of nitrogens with zero attached hydrogens (tertiary/aromatic N) is 3. The lowest BCUT2D eigenvalue weighted by molar-refractivity contribution is 0.586. The largest absolute Gasteiger partial charge is 0.245 e. The van der Waals surface area contributed by atoms with Crippen LogP contribution in [0.25, 0.3) is 0 Å².